The fourth-order valence-electron chi connectivity index (χ4n) is 5.21. The number of halogens is 1. The normalized spacial score (nSPS) is 18.3. The van der Waals surface area contributed by atoms with Gasteiger partial charge in [0.2, 0.25) is 0 Å². The molecule has 2 aromatic carbocycles. The van der Waals surface area contributed by atoms with Gasteiger partial charge in [-0.3, -0.25) is 4.79 Å². The van der Waals surface area contributed by atoms with Gasteiger partial charge in [0.15, 0.2) is 5.82 Å². The van der Waals surface area contributed by atoms with Gasteiger partial charge in [0.25, 0.3) is 0 Å². The summed E-state index contributed by atoms with van der Waals surface area (Å²) in [6, 6.07) is 14.4. The molecule has 0 aliphatic heterocycles. The van der Waals surface area contributed by atoms with Crippen LogP contribution in [0.1, 0.15) is 37.4 Å². The lowest BCUT2D eigenvalue weighted by Gasteiger charge is -2.24. The first-order valence-corrected chi connectivity index (χ1v) is 11.6. The molecule has 1 fully saturated rings. The Morgan fingerprint density at radius 2 is 1.91 bits per heavy atom. The lowest BCUT2D eigenvalue weighted by atomic mass is 9.82. The number of benzene rings is 2. The summed E-state index contributed by atoms with van der Waals surface area (Å²) >= 11 is 0. The van der Waals surface area contributed by atoms with Crippen molar-refractivity contribution in [2.45, 2.75) is 31.6 Å². The van der Waals surface area contributed by atoms with Crippen LogP contribution in [0, 0.1) is 11.7 Å². The SMILES string of the molecule is Nc1ncnn2c1c(-c1cc3cccc(-c4cccc(F)c4)c3[nH]1)nc2[C@H]1CC[C@H](C(=O)O)CC1. The molecule has 1 aliphatic rings. The summed E-state index contributed by atoms with van der Waals surface area (Å²) in [5.41, 5.74) is 10.8. The highest BCUT2D eigenvalue weighted by Crippen LogP contribution is 2.39. The number of carboxylic acid groups (broad SMARTS) is 1. The number of imidazole rings is 1. The molecule has 9 heteroatoms. The van der Waals surface area contributed by atoms with Crippen molar-refractivity contribution in [2.75, 3.05) is 5.73 Å². The predicted molar refractivity (Wildman–Crippen MR) is 130 cm³/mol. The van der Waals surface area contributed by atoms with Crippen LogP contribution >= 0.6 is 0 Å². The number of carbonyl (C=O) groups is 1. The van der Waals surface area contributed by atoms with Gasteiger partial charge in [-0.2, -0.15) is 5.10 Å². The summed E-state index contributed by atoms with van der Waals surface area (Å²) in [6.45, 7) is 0. The maximum Gasteiger partial charge on any atom is 0.306 e. The number of anilines is 1. The number of H-pyrrole nitrogens is 1. The second-order valence-electron chi connectivity index (χ2n) is 9.07. The maximum atomic E-state index is 13.9. The average molecular weight is 471 g/mol. The van der Waals surface area contributed by atoms with Crippen LogP contribution < -0.4 is 5.73 Å². The van der Waals surface area contributed by atoms with Crippen molar-refractivity contribution in [3.05, 3.63) is 66.5 Å². The van der Waals surface area contributed by atoms with Crippen molar-refractivity contribution in [2.24, 2.45) is 5.92 Å². The lowest BCUT2D eigenvalue weighted by Crippen LogP contribution is -2.21. The number of nitrogen functional groups attached to an aromatic ring is 1. The standard InChI is InChI=1S/C26H23FN6O2/c27-18-5-1-3-16(11-18)19-6-2-4-17-12-20(31-21(17)19)22-23-24(28)29-13-30-33(23)25(32-22)14-7-9-15(10-8-14)26(34)35/h1-6,11-15,31H,7-10H2,(H,34,35)(H2,28,29,30)/t14-,15-. The molecule has 4 N–H and O–H groups in total. The topological polar surface area (TPSA) is 122 Å². The number of para-hydroxylation sites is 1. The maximum absolute atomic E-state index is 13.9. The molecular formula is C26H23FN6O2. The van der Waals surface area contributed by atoms with E-state index in [1.807, 2.05) is 30.3 Å². The zero-order valence-corrected chi connectivity index (χ0v) is 18.8. The minimum absolute atomic E-state index is 0.0772. The molecule has 0 bridgehead atoms. The first-order chi connectivity index (χ1) is 17.0. The molecule has 0 spiro atoms. The van der Waals surface area contributed by atoms with Crippen LogP contribution in [0.4, 0.5) is 10.2 Å². The van der Waals surface area contributed by atoms with Crippen LogP contribution in [0.25, 0.3) is 38.9 Å². The van der Waals surface area contributed by atoms with E-state index in [2.05, 4.69) is 15.1 Å². The Morgan fingerprint density at radius 1 is 1.11 bits per heavy atom. The van der Waals surface area contributed by atoms with Crippen LogP contribution in [-0.2, 0) is 4.79 Å². The van der Waals surface area contributed by atoms with E-state index in [0.717, 1.165) is 46.4 Å². The Balaban J connectivity index is 1.47. The van der Waals surface area contributed by atoms with E-state index in [4.69, 9.17) is 10.7 Å². The number of carboxylic acids is 1. The summed E-state index contributed by atoms with van der Waals surface area (Å²) in [5.74, 6) is -0.191. The van der Waals surface area contributed by atoms with E-state index in [-0.39, 0.29) is 17.7 Å². The van der Waals surface area contributed by atoms with E-state index < -0.39 is 5.97 Å². The van der Waals surface area contributed by atoms with Crippen molar-refractivity contribution in [3.8, 4) is 22.5 Å². The molecule has 5 aromatic rings. The van der Waals surface area contributed by atoms with Crippen molar-refractivity contribution in [3.63, 3.8) is 0 Å². The second-order valence-corrected chi connectivity index (χ2v) is 9.07. The highest BCUT2D eigenvalue weighted by Gasteiger charge is 2.31. The van der Waals surface area contributed by atoms with Crippen molar-refractivity contribution in [1.29, 1.82) is 0 Å². The largest absolute Gasteiger partial charge is 0.481 e. The van der Waals surface area contributed by atoms with Crippen LogP contribution in [0.15, 0.2) is 54.9 Å². The molecule has 8 nitrogen and oxygen atoms in total. The molecule has 3 aromatic heterocycles. The van der Waals surface area contributed by atoms with Crippen LogP contribution in [0.3, 0.4) is 0 Å². The summed E-state index contributed by atoms with van der Waals surface area (Å²) in [4.78, 5) is 24.0. The van der Waals surface area contributed by atoms with Gasteiger partial charge in [-0.25, -0.2) is 18.9 Å². The molecule has 0 radical (unpaired) electrons. The van der Waals surface area contributed by atoms with Crippen molar-refractivity contribution < 1.29 is 14.3 Å². The second kappa shape index (κ2) is 8.19. The molecule has 1 saturated carbocycles. The molecule has 176 valence electrons. The predicted octanol–water partition coefficient (Wildman–Crippen LogP) is 5.02. The minimum atomic E-state index is -0.740. The third-order valence-corrected chi connectivity index (χ3v) is 6.97. The number of nitrogens with one attached hydrogen (secondary N) is 1. The molecule has 0 saturated heterocycles. The van der Waals surface area contributed by atoms with E-state index >= 15 is 0 Å². The van der Waals surface area contributed by atoms with Gasteiger partial charge in [0, 0.05) is 16.9 Å². The number of aliphatic carboxylic acids is 1. The number of hydrogen-bond acceptors (Lipinski definition) is 5. The van der Waals surface area contributed by atoms with E-state index in [9.17, 15) is 14.3 Å². The van der Waals surface area contributed by atoms with Crippen LogP contribution in [0.2, 0.25) is 0 Å². The molecule has 0 unspecified atom stereocenters. The van der Waals surface area contributed by atoms with Crippen molar-refractivity contribution >= 4 is 28.2 Å². The monoisotopic (exact) mass is 470 g/mol. The van der Waals surface area contributed by atoms with Gasteiger partial charge in [-0.05, 0) is 49.4 Å². The van der Waals surface area contributed by atoms with E-state index in [1.54, 1.807) is 10.6 Å². The number of rotatable bonds is 4. The van der Waals surface area contributed by atoms with Gasteiger partial charge < -0.3 is 15.8 Å². The Bertz CT molecular complexity index is 1580. The molecular weight excluding hydrogens is 447 g/mol. The molecule has 3 heterocycles. The molecule has 35 heavy (non-hydrogen) atoms. The summed E-state index contributed by atoms with van der Waals surface area (Å²) < 4.78 is 15.6. The van der Waals surface area contributed by atoms with Crippen molar-refractivity contribution in [1.82, 2.24) is 24.6 Å². The first kappa shape index (κ1) is 21.3. The Morgan fingerprint density at radius 3 is 2.69 bits per heavy atom. The van der Waals surface area contributed by atoms with Crippen LogP contribution in [-0.4, -0.2) is 35.6 Å². The minimum Gasteiger partial charge on any atom is -0.481 e. The summed E-state index contributed by atoms with van der Waals surface area (Å²) in [6.07, 6.45) is 4.06. The number of fused-ring (bicyclic) bond motifs is 2. The highest BCUT2D eigenvalue weighted by molar-refractivity contribution is 5.98. The molecule has 1 aliphatic carbocycles. The Kier molecular flexibility index (Phi) is 4.98. The van der Waals surface area contributed by atoms with Crippen LogP contribution in [0.5, 0.6) is 0 Å². The van der Waals surface area contributed by atoms with Gasteiger partial charge in [0.1, 0.15) is 29.2 Å². The highest BCUT2D eigenvalue weighted by atomic mass is 19.1. The number of hydrogen-bond donors (Lipinski definition) is 3. The summed E-state index contributed by atoms with van der Waals surface area (Å²) in [7, 11) is 0. The average Bonchev–Trinajstić information content (AvgIpc) is 3.46. The Labute approximate surface area is 199 Å². The fraction of sp³-hybridized carbons (Fsp3) is 0.231. The zero-order valence-electron chi connectivity index (χ0n) is 18.8. The third kappa shape index (κ3) is 3.60. The van der Waals surface area contributed by atoms with Gasteiger partial charge >= 0.3 is 5.97 Å². The fourth-order valence-corrected chi connectivity index (χ4v) is 5.21. The van der Waals surface area contributed by atoms with Gasteiger partial charge in [-0.15, -0.1) is 0 Å². The molecule has 0 amide bonds. The number of aromatic nitrogens is 5. The zero-order chi connectivity index (χ0) is 24.1. The van der Waals surface area contributed by atoms with Gasteiger partial charge in [-0.1, -0.05) is 30.3 Å². The first-order valence-electron chi connectivity index (χ1n) is 11.6. The quantitative estimate of drug-likeness (QED) is 0.339. The van der Waals surface area contributed by atoms with Gasteiger partial charge in [0.05, 0.1) is 17.1 Å². The molecule has 0 atom stereocenters. The summed E-state index contributed by atoms with van der Waals surface area (Å²) in [5, 5.41) is 14.8. The third-order valence-electron chi connectivity index (χ3n) is 6.97. The smallest absolute Gasteiger partial charge is 0.306 e. The molecule has 6 rings (SSSR count). The number of nitrogens with two attached hydrogens (primary N) is 1. The Hall–Kier alpha value is -4.27. The number of aromatic amines is 1. The van der Waals surface area contributed by atoms with E-state index in [0.29, 0.717) is 29.9 Å². The van der Waals surface area contributed by atoms with E-state index in [1.165, 1.54) is 18.5 Å². The lowest BCUT2D eigenvalue weighted by molar-refractivity contribution is -0.142. The number of nitrogens with zero attached hydrogens (tertiary/aromatic N) is 4.